The second-order valence-electron chi connectivity index (χ2n) is 3.39. The number of halogens is 2. The third kappa shape index (κ3) is 1.87. The highest BCUT2D eigenvalue weighted by Gasteiger charge is 2.43. The molecule has 0 saturated carbocycles. The first kappa shape index (κ1) is 10.2. The molecule has 3 nitrogen and oxygen atoms in total. The van der Waals surface area contributed by atoms with E-state index in [0.29, 0.717) is 0 Å². The van der Waals surface area contributed by atoms with E-state index < -0.39 is 6.29 Å². The van der Waals surface area contributed by atoms with Gasteiger partial charge in [-0.25, -0.2) is 0 Å². The minimum Gasteiger partial charge on any atom is -0.395 e. The van der Waals surface area contributed by atoms with Crippen molar-refractivity contribution in [1.29, 1.82) is 0 Å². The second-order valence-corrected chi connectivity index (χ2v) is 3.39. The highest BCUT2D eigenvalue weighted by molar-refractivity contribution is 5.45. The molecule has 0 spiro atoms. The molecule has 5 heteroatoms. The first-order valence-corrected chi connectivity index (χ1v) is 4.67. The van der Waals surface area contributed by atoms with Crippen LogP contribution in [0.3, 0.4) is 0 Å². The third-order valence-electron chi connectivity index (χ3n) is 2.29. The fourth-order valence-corrected chi connectivity index (χ4v) is 1.43. The van der Waals surface area contributed by atoms with Crippen LogP contribution in [0.1, 0.15) is 24.9 Å². The van der Waals surface area contributed by atoms with E-state index in [4.69, 9.17) is 5.73 Å². The maximum atomic E-state index is 12.7. The monoisotopic (exact) mass is 215 g/mol. The van der Waals surface area contributed by atoms with Crippen molar-refractivity contribution >= 4 is 0 Å². The van der Waals surface area contributed by atoms with E-state index in [-0.39, 0.29) is 17.5 Å². The number of rotatable bonds is 2. The SMILES string of the molecule is CCC(N)c1ccc2c(c1)OC(F)(F)O2. The molecule has 1 aliphatic rings. The van der Waals surface area contributed by atoms with E-state index in [9.17, 15) is 8.78 Å². The van der Waals surface area contributed by atoms with Gasteiger partial charge in [-0.3, -0.25) is 0 Å². The van der Waals surface area contributed by atoms with Gasteiger partial charge in [-0.2, -0.15) is 0 Å². The normalized spacial score (nSPS) is 18.9. The van der Waals surface area contributed by atoms with Crippen molar-refractivity contribution < 1.29 is 18.3 Å². The summed E-state index contributed by atoms with van der Waals surface area (Å²) in [6.45, 7) is 1.92. The minimum atomic E-state index is -3.56. The Morgan fingerprint density at radius 1 is 1.33 bits per heavy atom. The summed E-state index contributed by atoms with van der Waals surface area (Å²) in [5.41, 5.74) is 6.53. The summed E-state index contributed by atoms with van der Waals surface area (Å²) in [5, 5.41) is 0. The van der Waals surface area contributed by atoms with Crippen LogP contribution in [0, 0.1) is 0 Å². The fourth-order valence-electron chi connectivity index (χ4n) is 1.43. The summed E-state index contributed by atoms with van der Waals surface area (Å²) in [7, 11) is 0. The second kappa shape index (κ2) is 3.34. The lowest BCUT2D eigenvalue weighted by molar-refractivity contribution is -0.286. The molecule has 0 bridgehead atoms. The number of hydrogen-bond donors (Lipinski definition) is 1. The Balaban J connectivity index is 2.30. The van der Waals surface area contributed by atoms with E-state index in [0.717, 1.165) is 12.0 Å². The van der Waals surface area contributed by atoms with Crippen LogP contribution < -0.4 is 15.2 Å². The first-order valence-electron chi connectivity index (χ1n) is 4.67. The molecule has 0 aliphatic carbocycles. The third-order valence-corrected chi connectivity index (χ3v) is 2.29. The molecule has 1 aliphatic heterocycles. The average Bonchev–Trinajstić information content (AvgIpc) is 2.49. The number of fused-ring (bicyclic) bond motifs is 1. The van der Waals surface area contributed by atoms with Crippen molar-refractivity contribution in [3.05, 3.63) is 23.8 Å². The molecule has 1 heterocycles. The molecule has 15 heavy (non-hydrogen) atoms. The average molecular weight is 215 g/mol. The molecule has 0 aromatic heterocycles. The van der Waals surface area contributed by atoms with Crippen molar-refractivity contribution in [2.75, 3.05) is 0 Å². The van der Waals surface area contributed by atoms with Crippen LogP contribution in [0.15, 0.2) is 18.2 Å². The Kier molecular flexibility index (Phi) is 2.26. The zero-order chi connectivity index (χ0) is 11.1. The van der Waals surface area contributed by atoms with Gasteiger partial charge >= 0.3 is 6.29 Å². The van der Waals surface area contributed by atoms with Crippen LogP contribution in [0.4, 0.5) is 8.78 Å². The number of ether oxygens (including phenoxy) is 2. The Bertz CT molecular complexity index is 382. The van der Waals surface area contributed by atoms with Gasteiger partial charge in [0, 0.05) is 6.04 Å². The van der Waals surface area contributed by atoms with Crippen LogP contribution in [0.5, 0.6) is 11.5 Å². The molecular weight excluding hydrogens is 204 g/mol. The molecule has 1 aromatic carbocycles. The smallest absolute Gasteiger partial charge is 0.395 e. The molecule has 0 amide bonds. The van der Waals surface area contributed by atoms with Gasteiger partial charge in [-0.05, 0) is 24.1 Å². The standard InChI is InChI=1S/C10H11F2NO2/c1-2-7(13)6-3-4-8-9(5-6)15-10(11,12)14-8/h3-5,7H,2,13H2,1H3. The predicted molar refractivity (Wildman–Crippen MR) is 49.9 cm³/mol. The van der Waals surface area contributed by atoms with Crippen molar-refractivity contribution in [3.63, 3.8) is 0 Å². The molecule has 1 unspecified atom stereocenters. The highest BCUT2D eigenvalue weighted by Crippen LogP contribution is 2.41. The Hall–Kier alpha value is -1.36. The number of alkyl halides is 2. The van der Waals surface area contributed by atoms with Crippen molar-refractivity contribution in [2.45, 2.75) is 25.7 Å². The van der Waals surface area contributed by atoms with Crippen LogP contribution in [0.25, 0.3) is 0 Å². The molecule has 1 atom stereocenters. The Morgan fingerprint density at radius 3 is 2.67 bits per heavy atom. The Labute approximate surface area is 85.8 Å². The fraction of sp³-hybridized carbons (Fsp3) is 0.400. The summed E-state index contributed by atoms with van der Waals surface area (Å²) in [5.74, 6) is 0.0912. The minimum absolute atomic E-state index is 0.0430. The molecule has 0 radical (unpaired) electrons. The maximum Gasteiger partial charge on any atom is 0.586 e. The van der Waals surface area contributed by atoms with Crippen LogP contribution in [-0.4, -0.2) is 6.29 Å². The number of nitrogens with two attached hydrogens (primary N) is 1. The summed E-state index contributed by atoms with van der Waals surface area (Å²) in [6.07, 6.45) is -2.83. The molecule has 82 valence electrons. The van der Waals surface area contributed by atoms with E-state index >= 15 is 0 Å². The highest BCUT2D eigenvalue weighted by atomic mass is 19.3. The van der Waals surface area contributed by atoms with Crippen molar-refractivity contribution in [1.82, 2.24) is 0 Å². The van der Waals surface area contributed by atoms with E-state index in [2.05, 4.69) is 9.47 Å². The molecular formula is C10H11F2NO2. The van der Waals surface area contributed by atoms with Gasteiger partial charge in [0.15, 0.2) is 11.5 Å². The van der Waals surface area contributed by atoms with E-state index in [1.54, 1.807) is 6.07 Å². The van der Waals surface area contributed by atoms with Gasteiger partial charge in [-0.1, -0.05) is 13.0 Å². The Morgan fingerprint density at radius 2 is 2.00 bits per heavy atom. The summed E-state index contributed by atoms with van der Waals surface area (Å²) >= 11 is 0. The maximum absolute atomic E-state index is 12.7. The number of benzene rings is 1. The lowest BCUT2D eigenvalue weighted by Crippen LogP contribution is -2.25. The van der Waals surface area contributed by atoms with Gasteiger partial charge in [0.05, 0.1) is 0 Å². The molecule has 1 aromatic rings. The quantitative estimate of drug-likeness (QED) is 0.823. The lowest BCUT2D eigenvalue weighted by atomic mass is 10.1. The van der Waals surface area contributed by atoms with Crippen molar-refractivity contribution in [2.24, 2.45) is 5.73 Å². The summed E-state index contributed by atoms with van der Waals surface area (Å²) in [4.78, 5) is 0. The molecule has 0 fully saturated rings. The van der Waals surface area contributed by atoms with Crippen LogP contribution in [0.2, 0.25) is 0 Å². The first-order chi connectivity index (χ1) is 7.02. The van der Waals surface area contributed by atoms with Gasteiger partial charge in [-0.15, -0.1) is 8.78 Å². The largest absolute Gasteiger partial charge is 0.586 e. The molecule has 2 rings (SSSR count). The van der Waals surface area contributed by atoms with Gasteiger partial charge in [0.1, 0.15) is 0 Å². The topological polar surface area (TPSA) is 44.5 Å². The summed E-state index contributed by atoms with van der Waals surface area (Å²) in [6, 6.07) is 4.43. The predicted octanol–water partition coefficient (Wildman–Crippen LogP) is 2.42. The van der Waals surface area contributed by atoms with Crippen LogP contribution in [-0.2, 0) is 0 Å². The molecule has 0 saturated heterocycles. The van der Waals surface area contributed by atoms with Crippen molar-refractivity contribution in [3.8, 4) is 11.5 Å². The van der Waals surface area contributed by atoms with Gasteiger partial charge < -0.3 is 15.2 Å². The molecule has 2 N–H and O–H groups in total. The zero-order valence-electron chi connectivity index (χ0n) is 8.17. The summed E-state index contributed by atoms with van der Waals surface area (Å²) < 4.78 is 33.9. The van der Waals surface area contributed by atoms with Crippen LogP contribution >= 0.6 is 0 Å². The van der Waals surface area contributed by atoms with Gasteiger partial charge in [0.25, 0.3) is 0 Å². The number of hydrogen-bond acceptors (Lipinski definition) is 3. The van der Waals surface area contributed by atoms with E-state index in [1.807, 2.05) is 6.92 Å². The van der Waals surface area contributed by atoms with E-state index in [1.165, 1.54) is 12.1 Å². The lowest BCUT2D eigenvalue weighted by Gasteiger charge is -2.08. The zero-order valence-corrected chi connectivity index (χ0v) is 8.17. The van der Waals surface area contributed by atoms with Gasteiger partial charge in [0.2, 0.25) is 0 Å².